The maximum absolute atomic E-state index is 13.0. The summed E-state index contributed by atoms with van der Waals surface area (Å²) < 4.78 is 13.0. The first kappa shape index (κ1) is 15.4. The van der Waals surface area contributed by atoms with Crippen LogP contribution in [0.5, 0.6) is 0 Å². The Hall–Kier alpha value is -1.00. The van der Waals surface area contributed by atoms with Gasteiger partial charge in [0.1, 0.15) is 5.82 Å². The van der Waals surface area contributed by atoms with Gasteiger partial charge in [0.05, 0.1) is 17.9 Å². The zero-order chi connectivity index (χ0) is 14.4. The van der Waals surface area contributed by atoms with E-state index in [1.165, 1.54) is 38.2 Å². The van der Waals surface area contributed by atoms with E-state index in [0.717, 1.165) is 31.1 Å². The van der Waals surface area contributed by atoms with Crippen LogP contribution in [0.3, 0.4) is 0 Å². The molecule has 112 valence electrons. The molecule has 0 radical (unpaired) electrons. The Kier molecular flexibility index (Phi) is 5.92. The smallest absolute Gasteiger partial charge is 0.141 e. The van der Waals surface area contributed by atoms with Crippen LogP contribution in [0.2, 0.25) is 0 Å². The van der Waals surface area contributed by atoms with Crippen molar-refractivity contribution in [3.05, 3.63) is 29.8 Å². The van der Waals surface area contributed by atoms with Gasteiger partial charge in [-0.1, -0.05) is 20.3 Å². The second-order valence-corrected chi connectivity index (χ2v) is 5.66. The molecule has 20 heavy (non-hydrogen) atoms. The van der Waals surface area contributed by atoms with Crippen LogP contribution >= 0.6 is 0 Å². The van der Waals surface area contributed by atoms with Crippen molar-refractivity contribution >= 4 is 0 Å². The molecule has 2 atom stereocenters. The van der Waals surface area contributed by atoms with Gasteiger partial charge in [-0.3, -0.25) is 4.98 Å². The lowest BCUT2D eigenvalue weighted by atomic mass is 10.1. The van der Waals surface area contributed by atoms with E-state index >= 15 is 0 Å². The summed E-state index contributed by atoms with van der Waals surface area (Å²) in [6.07, 6.45) is 4.95. The van der Waals surface area contributed by atoms with E-state index in [9.17, 15) is 4.39 Å². The Labute approximate surface area is 121 Å². The fraction of sp³-hybridized carbons (Fsp3) is 0.688. The van der Waals surface area contributed by atoms with Crippen molar-refractivity contribution in [3.63, 3.8) is 0 Å². The Morgan fingerprint density at radius 3 is 2.90 bits per heavy atom. The average molecular weight is 279 g/mol. The third-order valence-electron chi connectivity index (χ3n) is 4.24. The number of rotatable bonds is 7. The van der Waals surface area contributed by atoms with Gasteiger partial charge < -0.3 is 10.2 Å². The Morgan fingerprint density at radius 2 is 2.30 bits per heavy atom. The molecule has 0 amide bonds. The Bertz CT molecular complexity index is 393. The summed E-state index contributed by atoms with van der Waals surface area (Å²) in [6.45, 7) is 8.81. The number of pyridine rings is 1. The molecular formula is C16H26FN3. The highest BCUT2D eigenvalue weighted by atomic mass is 19.1. The third kappa shape index (κ3) is 4.25. The van der Waals surface area contributed by atoms with E-state index < -0.39 is 0 Å². The highest BCUT2D eigenvalue weighted by Crippen LogP contribution is 2.21. The van der Waals surface area contributed by atoms with Gasteiger partial charge in [-0.25, -0.2) is 4.39 Å². The van der Waals surface area contributed by atoms with Crippen LogP contribution in [0.15, 0.2) is 18.3 Å². The Balaban J connectivity index is 1.88. The number of nitrogens with one attached hydrogen (secondary N) is 1. The van der Waals surface area contributed by atoms with Crippen molar-refractivity contribution in [2.24, 2.45) is 5.92 Å². The van der Waals surface area contributed by atoms with Crippen LogP contribution in [-0.2, 0) is 0 Å². The van der Waals surface area contributed by atoms with E-state index in [4.69, 9.17) is 0 Å². The SMILES string of the molecule is CCNC(CCN1CCC(CC)C1)c1ccc(F)cn1. The number of likely N-dealkylation sites (tertiary alicyclic amines) is 1. The highest BCUT2D eigenvalue weighted by molar-refractivity contribution is 5.10. The molecular weight excluding hydrogens is 253 g/mol. The van der Waals surface area contributed by atoms with E-state index in [0.29, 0.717) is 0 Å². The number of hydrogen-bond donors (Lipinski definition) is 1. The molecule has 0 aromatic carbocycles. The van der Waals surface area contributed by atoms with Gasteiger partial charge in [-0.2, -0.15) is 0 Å². The van der Waals surface area contributed by atoms with Crippen LogP contribution in [0.4, 0.5) is 4.39 Å². The van der Waals surface area contributed by atoms with Crippen molar-refractivity contribution < 1.29 is 4.39 Å². The molecule has 1 aliphatic rings. The fourth-order valence-electron chi connectivity index (χ4n) is 2.96. The molecule has 2 heterocycles. The normalized spacial score (nSPS) is 21.2. The number of aromatic nitrogens is 1. The maximum atomic E-state index is 13.0. The molecule has 1 aromatic heterocycles. The number of nitrogens with zero attached hydrogens (tertiary/aromatic N) is 2. The molecule has 2 unspecified atom stereocenters. The van der Waals surface area contributed by atoms with Crippen LogP contribution in [0, 0.1) is 11.7 Å². The summed E-state index contributed by atoms with van der Waals surface area (Å²) in [7, 11) is 0. The van der Waals surface area contributed by atoms with Gasteiger partial charge in [0.2, 0.25) is 0 Å². The molecule has 2 rings (SSSR count). The van der Waals surface area contributed by atoms with Gasteiger partial charge in [0.15, 0.2) is 0 Å². The monoisotopic (exact) mass is 279 g/mol. The first-order valence-corrected chi connectivity index (χ1v) is 7.80. The first-order chi connectivity index (χ1) is 9.72. The lowest BCUT2D eigenvalue weighted by Gasteiger charge is -2.21. The summed E-state index contributed by atoms with van der Waals surface area (Å²) in [5.74, 6) is 0.603. The summed E-state index contributed by atoms with van der Waals surface area (Å²) in [5, 5.41) is 3.46. The summed E-state index contributed by atoms with van der Waals surface area (Å²) in [6, 6.07) is 3.51. The minimum Gasteiger partial charge on any atom is -0.309 e. The minimum atomic E-state index is -0.269. The summed E-state index contributed by atoms with van der Waals surface area (Å²) in [5.41, 5.74) is 0.944. The number of halogens is 1. The lowest BCUT2D eigenvalue weighted by molar-refractivity contribution is 0.297. The van der Waals surface area contributed by atoms with Crippen molar-refractivity contribution in [3.8, 4) is 0 Å². The quantitative estimate of drug-likeness (QED) is 0.831. The van der Waals surface area contributed by atoms with Gasteiger partial charge in [-0.05, 0) is 44.0 Å². The molecule has 1 fully saturated rings. The predicted molar refractivity (Wildman–Crippen MR) is 80.1 cm³/mol. The molecule has 0 aliphatic carbocycles. The van der Waals surface area contributed by atoms with Crippen LogP contribution in [0.1, 0.15) is 44.8 Å². The Morgan fingerprint density at radius 1 is 1.45 bits per heavy atom. The van der Waals surface area contributed by atoms with Crippen molar-refractivity contribution in [1.82, 2.24) is 15.2 Å². The van der Waals surface area contributed by atoms with E-state index in [2.05, 4.69) is 29.0 Å². The molecule has 1 saturated heterocycles. The highest BCUT2D eigenvalue weighted by Gasteiger charge is 2.22. The van der Waals surface area contributed by atoms with Crippen molar-refractivity contribution in [2.45, 2.75) is 39.2 Å². The largest absolute Gasteiger partial charge is 0.309 e. The average Bonchev–Trinajstić information content (AvgIpc) is 2.92. The molecule has 1 aromatic rings. The fourth-order valence-corrected chi connectivity index (χ4v) is 2.96. The molecule has 0 saturated carbocycles. The molecule has 0 spiro atoms. The predicted octanol–water partition coefficient (Wildman–Crippen LogP) is 2.99. The molecule has 1 aliphatic heterocycles. The summed E-state index contributed by atoms with van der Waals surface area (Å²) in [4.78, 5) is 6.76. The van der Waals surface area contributed by atoms with Crippen LogP contribution in [-0.4, -0.2) is 36.1 Å². The standard InChI is InChI=1S/C16H26FN3/c1-3-13-7-9-20(12-13)10-8-16(18-4-2)15-6-5-14(17)11-19-15/h5-6,11,13,16,18H,3-4,7-10,12H2,1-2H3. The number of hydrogen-bond acceptors (Lipinski definition) is 3. The van der Waals surface area contributed by atoms with E-state index in [1.54, 1.807) is 6.07 Å². The van der Waals surface area contributed by atoms with E-state index in [-0.39, 0.29) is 11.9 Å². The van der Waals surface area contributed by atoms with Crippen LogP contribution < -0.4 is 5.32 Å². The van der Waals surface area contributed by atoms with Gasteiger partial charge in [-0.15, -0.1) is 0 Å². The summed E-state index contributed by atoms with van der Waals surface area (Å²) >= 11 is 0. The second kappa shape index (κ2) is 7.70. The first-order valence-electron chi connectivity index (χ1n) is 7.80. The van der Waals surface area contributed by atoms with Crippen molar-refractivity contribution in [1.29, 1.82) is 0 Å². The van der Waals surface area contributed by atoms with Gasteiger partial charge in [0.25, 0.3) is 0 Å². The topological polar surface area (TPSA) is 28.2 Å². The third-order valence-corrected chi connectivity index (χ3v) is 4.24. The molecule has 0 bridgehead atoms. The molecule has 3 nitrogen and oxygen atoms in total. The zero-order valence-electron chi connectivity index (χ0n) is 12.6. The van der Waals surface area contributed by atoms with E-state index in [1.807, 2.05) is 0 Å². The maximum Gasteiger partial charge on any atom is 0.141 e. The minimum absolute atomic E-state index is 0.223. The van der Waals surface area contributed by atoms with Crippen LogP contribution in [0.25, 0.3) is 0 Å². The van der Waals surface area contributed by atoms with Crippen molar-refractivity contribution in [2.75, 3.05) is 26.2 Å². The molecule has 1 N–H and O–H groups in total. The molecule has 4 heteroatoms. The van der Waals surface area contributed by atoms with Gasteiger partial charge in [0, 0.05) is 13.1 Å². The van der Waals surface area contributed by atoms with Gasteiger partial charge >= 0.3 is 0 Å². The lowest BCUT2D eigenvalue weighted by Crippen LogP contribution is -2.28. The second-order valence-electron chi connectivity index (χ2n) is 5.66. The zero-order valence-corrected chi connectivity index (χ0v) is 12.6.